The number of thioether (sulfide) groups is 1. The number of hydrogen-bond donors (Lipinski definition) is 1. The summed E-state index contributed by atoms with van der Waals surface area (Å²) in [6.45, 7) is 0.341. The first-order chi connectivity index (χ1) is 13.2. The van der Waals surface area contributed by atoms with Gasteiger partial charge in [-0.2, -0.15) is 13.2 Å². The summed E-state index contributed by atoms with van der Waals surface area (Å²) in [6, 6.07) is 5.36. The van der Waals surface area contributed by atoms with Gasteiger partial charge in [0.15, 0.2) is 5.82 Å². The minimum absolute atomic E-state index is 0.0616. The fourth-order valence-electron chi connectivity index (χ4n) is 2.90. The Morgan fingerprint density at radius 2 is 2.04 bits per heavy atom. The molecule has 1 aromatic carbocycles. The first kappa shape index (κ1) is 20.4. The molecule has 1 saturated carbocycles. The van der Waals surface area contributed by atoms with Gasteiger partial charge in [0.25, 0.3) is 0 Å². The molecule has 0 aliphatic heterocycles. The molecule has 0 saturated heterocycles. The Morgan fingerprint density at radius 1 is 1.36 bits per heavy atom. The molecule has 2 N–H and O–H groups in total. The molecular weight excluding hydrogens is 398 g/mol. The van der Waals surface area contributed by atoms with E-state index in [1.807, 2.05) is 0 Å². The third-order valence-electron chi connectivity index (χ3n) is 4.57. The zero-order valence-corrected chi connectivity index (χ0v) is 15.8. The third-order valence-corrected chi connectivity index (χ3v) is 5.50. The van der Waals surface area contributed by atoms with Crippen LogP contribution in [0.4, 0.5) is 17.6 Å². The molecule has 1 atom stereocenters. The lowest BCUT2D eigenvalue weighted by Gasteiger charge is -2.30. The van der Waals surface area contributed by atoms with Gasteiger partial charge in [-0.15, -0.1) is 10.2 Å². The largest absolute Gasteiger partial charge is 0.406 e. The van der Waals surface area contributed by atoms with Gasteiger partial charge in [-0.1, -0.05) is 23.9 Å². The van der Waals surface area contributed by atoms with Crippen LogP contribution in [0.25, 0.3) is 11.4 Å². The van der Waals surface area contributed by atoms with Crippen LogP contribution in [0.1, 0.15) is 19.8 Å². The summed E-state index contributed by atoms with van der Waals surface area (Å²) in [6.07, 6.45) is -2.84. The molecule has 1 fully saturated rings. The van der Waals surface area contributed by atoms with Crippen LogP contribution in [-0.4, -0.2) is 50.2 Å². The molecule has 11 heteroatoms. The molecule has 1 amide bonds. The Balaban J connectivity index is 1.70. The number of rotatable bonds is 7. The summed E-state index contributed by atoms with van der Waals surface area (Å²) >= 11 is 0.864. The Kier molecular flexibility index (Phi) is 5.82. The molecule has 1 aromatic heterocycles. The maximum atomic E-state index is 13.9. The number of carbonyl (C=O) groups is 1. The van der Waals surface area contributed by atoms with Gasteiger partial charge in [0.2, 0.25) is 11.1 Å². The second kappa shape index (κ2) is 7.98. The van der Waals surface area contributed by atoms with Gasteiger partial charge in [0, 0.05) is 6.04 Å². The van der Waals surface area contributed by atoms with Crippen molar-refractivity contribution >= 4 is 17.7 Å². The van der Waals surface area contributed by atoms with Crippen molar-refractivity contribution in [2.75, 3.05) is 18.1 Å². The van der Waals surface area contributed by atoms with Gasteiger partial charge < -0.3 is 10.7 Å². The predicted octanol–water partition coefficient (Wildman–Crippen LogP) is 3.08. The van der Waals surface area contributed by atoms with Crippen LogP contribution in [0, 0.1) is 11.7 Å². The van der Waals surface area contributed by atoms with Crippen molar-refractivity contribution in [2.45, 2.75) is 37.1 Å². The number of aromatic nitrogens is 3. The first-order valence-corrected chi connectivity index (χ1v) is 9.60. The molecule has 28 heavy (non-hydrogen) atoms. The van der Waals surface area contributed by atoms with Crippen LogP contribution in [0.3, 0.4) is 0 Å². The molecular formula is C17H19F4N5OS. The molecule has 0 unspecified atom stereocenters. The highest BCUT2D eigenvalue weighted by atomic mass is 32.2. The van der Waals surface area contributed by atoms with E-state index >= 15 is 0 Å². The van der Waals surface area contributed by atoms with Crippen LogP contribution in [-0.2, 0) is 4.79 Å². The highest BCUT2D eigenvalue weighted by Crippen LogP contribution is 2.36. The Labute approximate surface area is 163 Å². The zero-order chi connectivity index (χ0) is 20.5. The fourth-order valence-corrected chi connectivity index (χ4v) is 3.64. The van der Waals surface area contributed by atoms with Gasteiger partial charge in [-0.3, -0.25) is 4.79 Å². The van der Waals surface area contributed by atoms with Crippen molar-refractivity contribution in [1.82, 2.24) is 19.8 Å². The normalized spacial score (nSPS) is 15.5. The second-order valence-corrected chi connectivity index (χ2v) is 7.60. The number of benzene rings is 1. The summed E-state index contributed by atoms with van der Waals surface area (Å²) in [5.74, 6) is 4.57. The van der Waals surface area contributed by atoms with Crippen LogP contribution in [0.2, 0.25) is 0 Å². The van der Waals surface area contributed by atoms with Gasteiger partial charge in [-0.25, -0.2) is 9.07 Å². The molecule has 2 aromatic rings. The second-order valence-electron chi connectivity index (χ2n) is 6.66. The van der Waals surface area contributed by atoms with Crippen molar-refractivity contribution in [1.29, 1.82) is 0 Å². The predicted molar refractivity (Wildman–Crippen MR) is 96.2 cm³/mol. The van der Waals surface area contributed by atoms with Crippen molar-refractivity contribution in [3.63, 3.8) is 0 Å². The molecule has 0 bridgehead atoms. The number of nitrogen functional groups attached to an aromatic ring is 1. The van der Waals surface area contributed by atoms with Gasteiger partial charge in [0.1, 0.15) is 12.4 Å². The van der Waals surface area contributed by atoms with E-state index < -0.39 is 30.5 Å². The summed E-state index contributed by atoms with van der Waals surface area (Å²) < 4.78 is 53.6. The molecule has 1 heterocycles. The van der Waals surface area contributed by atoms with Crippen molar-refractivity contribution < 1.29 is 22.4 Å². The zero-order valence-electron chi connectivity index (χ0n) is 15.0. The average Bonchev–Trinajstić information content (AvgIpc) is 3.41. The quantitative estimate of drug-likeness (QED) is 0.426. The third kappa shape index (κ3) is 4.75. The van der Waals surface area contributed by atoms with Crippen molar-refractivity contribution in [2.24, 2.45) is 5.92 Å². The van der Waals surface area contributed by atoms with Gasteiger partial charge in [-0.05, 0) is 37.8 Å². The highest BCUT2D eigenvalue weighted by Gasteiger charge is 2.40. The molecule has 6 nitrogen and oxygen atoms in total. The summed E-state index contributed by atoms with van der Waals surface area (Å²) in [5.41, 5.74) is 0.136. The van der Waals surface area contributed by atoms with E-state index in [1.54, 1.807) is 13.0 Å². The number of nitrogens with two attached hydrogens (primary N) is 1. The molecule has 1 aliphatic carbocycles. The minimum Gasteiger partial charge on any atom is -0.335 e. The number of amides is 1. The Hall–Kier alpha value is -2.30. The Morgan fingerprint density at radius 3 is 2.64 bits per heavy atom. The van der Waals surface area contributed by atoms with Gasteiger partial charge in [0.05, 0.1) is 11.3 Å². The number of alkyl halides is 3. The van der Waals surface area contributed by atoms with E-state index in [2.05, 4.69) is 10.2 Å². The fraction of sp³-hybridized carbons (Fsp3) is 0.471. The van der Waals surface area contributed by atoms with Crippen LogP contribution < -0.4 is 5.84 Å². The van der Waals surface area contributed by atoms with Gasteiger partial charge >= 0.3 is 6.18 Å². The summed E-state index contributed by atoms with van der Waals surface area (Å²) in [5, 5.41) is 7.76. The minimum atomic E-state index is -4.48. The lowest BCUT2D eigenvalue weighted by atomic mass is 10.2. The van der Waals surface area contributed by atoms with E-state index in [-0.39, 0.29) is 28.2 Å². The molecule has 152 valence electrons. The maximum Gasteiger partial charge on any atom is 0.406 e. The average molecular weight is 417 g/mol. The van der Waals surface area contributed by atoms with E-state index in [4.69, 9.17) is 5.84 Å². The number of nitrogens with zero attached hydrogens (tertiary/aromatic N) is 4. The van der Waals surface area contributed by atoms with Crippen LogP contribution in [0.15, 0.2) is 29.4 Å². The molecule has 0 radical (unpaired) electrons. The smallest absolute Gasteiger partial charge is 0.335 e. The van der Waals surface area contributed by atoms with Crippen LogP contribution in [0.5, 0.6) is 0 Å². The van der Waals surface area contributed by atoms with E-state index in [1.165, 1.54) is 18.2 Å². The number of hydrogen-bond acceptors (Lipinski definition) is 5. The summed E-state index contributed by atoms with van der Waals surface area (Å²) in [4.78, 5) is 13.3. The maximum absolute atomic E-state index is 13.9. The standard InChI is InChI=1S/C17H19F4N5OS/c1-10(11-6-7-11)25(9-17(19,20)21)14(27)8-28-16-24-23-15(26(16)22)12-4-2-3-5-13(12)18/h2-5,10-11H,6-9,22H2,1H3/t10-/m1/s1. The number of halogens is 4. The van der Waals surface area contributed by atoms with E-state index in [9.17, 15) is 22.4 Å². The summed E-state index contributed by atoms with van der Waals surface area (Å²) in [7, 11) is 0. The van der Waals surface area contributed by atoms with Crippen molar-refractivity contribution in [3.8, 4) is 11.4 Å². The topological polar surface area (TPSA) is 77.0 Å². The Bertz CT molecular complexity index is 852. The van der Waals surface area contributed by atoms with Crippen LogP contribution >= 0.6 is 11.8 Å². The molecule has 1 aliphatic rings. The van der Waals surface area contributed by atoms with E-state index in [0.717, 1.165) is 34.2 Å². The highest BCUT2D eigenvalue weighted by molar-refractivity contribution is 7.99. The lowest BCUT2D eigenvalue weighted by Crippen LogP contribution is -2.46. The monoisotopic (exact) mass is 417 g/mol. The first-order valence-electron chi connectivity index (χ1n) is 8.62. The SMILES string of the molecule is C[C@H](C1CC1)N(CC(F)(F)F)C(=O)CSc1nnc(-c2ccccc2F)n1N. The van der Waals surface area contributed by atoms with Crippen molar-refractivity contribution in [3.05, 3.63) is 30.1 Å². The lowest BCUT2D eigenvalue weighted by molar-refractivity contribution is -0.164. The van der Waals surface area contributed by atoms with E-state index in [0.29, 0.717) is 0 Å². The molecule has 0 spiro atoms. The molecule has 3 rings (SSSR count). The number of carbonyl (C=O) groups excluding carboxylic acids is 1.